The molecule has 11 nitrogen and oxygen atoms in total. The van der Waals surface area contributed by atoms with Crippen LogP contribution >= 0.6 is 0 Å². The summed E-state index contributed by atoms with van der Waals surface area (Å²) in [5.74, 6) is -1.46. The lowest BCUT2D eigenvalue weighted by molar-refractivity contribution is -0.197. The summed E-state index contributed by atoms with van der Waals surface area (Å²) in [5.41, 5.74) is 5.63. The van der Waals surface area contributed by atoms with Crippen molar-refractivity contribution in [2.75, 3.05) is 52.6 Å². The van der Waals surface area contributed by atoms with Gasteiger partial charge in [0.1, 0.15) is 6.04 Å². The van der Waals surface area contributed by atoms with E-state index in [9.17, 15) is 9.59 Å². The molecular formula is C13H27N3O8. The number of nitrogens with two attached hydrogens (primary N) is 1. The summed E-state index contributed by atoms with van der Waals surface area (Å²) in [6.45, 7) is -0.859. The first kappa shape index (κ1) is 22.7. The van der Waals surface area contributed by atoms with Crippen molar-refractivity contribution < 1.29 is 39.7 Å². The van der Waals surface area contributed by atoms with E-state index in [0.717, 1.165) is 10.1 Å². The van der Waals surface area contributed by atoms with Crippen LogP contribution in [0.4, 0.5) is 0 Å². The van der Waals surface area contributed by atoms with Crippen LogP contribution in [0.2, 0.25) is 0 Å². The fraction of sp³-hybridized carbons (Fsp3) is 0.846. The second kappa shape index (κ2) is 14.0. The summed E-state index contributed by atoms with van der Waals surface area (Å²) < 4.78 is 0. The quantitative estimate of drug-likeness (QED) is 0.197. The maximum Gasteiger partial charge on any atom is 0.341 e. The fourth-order valence-electron chi connectivity index (χ4n) is 1.63. The Hall–Kier alpha value is -1.34. The highest BCUT2D eigenvalue weighted by molar-refractivity contribution is 5.76. The summed E-state index contributed by atoms with van der Waals surface area (Å²) in [7, 11) is 0. The first-order valence-electron chi connectivity index (χ1n) is 7.60. The van der Waals surface area contributed by atoms with Crippen molar-refractivity contribution >= 4 is 11.9 Å². The van der Waals surface area contributed by atoms with E-state index >= 15 is 0 Å². The standard InChI is InChI=1S/C13H27N3O8/c14-11(13(22)24-16(5-9-19)6-10-20)1-2-12(21)23-15(3-7-17)4-8-18/h11,17-20H,1-10,14H2/t11-/m0/s1. The maximum absolute atomic E-state index is 11.8. The highest BCUT2D eigenvalue weighted by atomic mass is 16.7. The Morgan fingerprint density at radius 2 is 1.25 bits per heavy atom. The third kappa shape index (κ3) is 10.4. The second-order valence-corrected chi connectivity index (χ2v) is 4.77. The van der Waals surface area contributed by atoms with Crippen LogP contribution in [0.3, 0.4) is 0 Å². The number of hydroxylamine groups is 4. The first-order chi connectivity index (χ1) is 11.5. The van der Waals surface area contributed by atoms with Crippen LogP contribution in [0.25, 0.3) is 0 Å². The predicted octanol–water partition coefficient (Wildman–Crippen LogP) is -3.42. The Bertz CT molecular complexity index is 346. The van der Waals surface area contributed by atoms with Crippen LogP contribution in [0, 0.1) is 0 Å². The molecule has 0 bridgehead atoms. The third-order valence-electron chi connectivity index (χ3n) is 2.81. The van der Waals surface area contributed by atoms with E-state index in [2.05, 4.69) is 0 Å². The Morgan fingerprint density at radius 1 is 0.833 bits per heavy atom. The molecule has 0 saturated carbocycles. The van der Waals surface area contributed by atoms with E-state index in [1.54, 1.807) is 0 Å². The molecule has 0 aliphatic rings. The number of carbonyl (C=O) groups excluding carboxylic acids is 2. The molecular weight excluding hydrogens is 326 g/mol. The smallest absolute Gasteiger partial charge is 0.341 e. The number of aliphatic hydroxyl groups is 4. The van der Waals surface area contributed by atoms with Gasteiger partial charge in [-0.25, -0.2) is 4.79 Å². The summed E-state index contributed by atoms with van der Waals surface area (Å²) in [6.07, 6.45) is -0.195. The lowest BCUT2D eigenvalue weighted by Crippen LogP contribution is -2.40. The van der Waals surface area contributed by atoms with Gasteiger partial charge in [-0.15, -0.1) is 10.1 Å². The Kier molecular flexibility index (Phi) is 13.3. The van der Waals surface area contributed by atoms with E-state index < -0.39 is 18.0 Å². The molecule has 11 heteroatoms. The monoisotopic (exact) mass is 353 g/mol. The lowest BCUT2D eigenvalue weighted by Gasteiger charge is -2.21. The zero-order chi connectivity index (χ0) is 18.4. The van der Waals surface area contributed by atoms with Gasteiger partial charge < -0.3 is 35.8 Å². The van der Waals surface area contributed by atoms with Crippen LogP contribution in [-0.4, -0.2) is 101 Å². The van der Waals surface area contributed by atoms with Crippen LogP contribution in [-0.2, 0) is 19.3 Å². The molecule has 0 unspecified atom stereocenters. The van der Waals surface area contributed by atoms with Gasteiger partial charge in [0.25, 0.3) is 0 Å². The highest BCUT2D eigenvalue weighted by Gasteiger charge is 2.21. The van der Waals surface area contributed by atoms with E-state index in [1.807, 2.05) is 0 Å². The van der Waals surface area contributed by atoms with E-state index in [-0.39, 0.29) is 65.4 Å². The average molecular weight is 353 g/mol. The number of carbonyl (C=O) groups is 2. The van der Waals surface area contributed by atoms with Crippen molar-refractivity contribution in [2.24, 2.45) is 5.73 Å². The van der Waals surface area contributed by atoms with Crippen molar-refractivity contribution in [3.8, 4) is 0 Å². The van der Waals surface area contributed by atoms with Crippen molar-refractivity contribution in [3.05, 3.63) is 0 Å². The molecule has 0 aliphatic carbocycles. The molecule has 0 radical (unpaired) electrons. The van der Waals surface area contributed by atoms with Gasteiger partial charge >= 0.3 is 11.9 Å². The molecule has 0 saturated heterocycles. The van der Waals surface area contributed by atoms with Gasteiger partial charge in [-0.2, -0.15) is 0 Å². The minimum atomic E-state index is -1.08. The number of aliphatic hydroxyl groups excluding tert-OH is 4. The van der Waals surface area contributed by atoms with Crippen molar-refractivity contribution in [2.45, 2.75) is 18.9 Å². The highest BCUT2D eigenvalue weighted by Crippen LogP contribution is 2.03. The molecule has 142 valence electrons. The summed E-state index contributed by atoms with van der Waals surface area (Å²) in [4.78, 5) is 33.2. The Morgan fingerprint density at radius 3 is 1.67 bits per heavy atom. The van der Waals surface area contributed by atoms with Crippen LogP contribution in [0.1, 0.15) is 12.8 Å². The van der Waals surface area contributed by atoms with E-state index in [4.69, 9.17) is 35.8 Å². The van der Waals surface area contributed by atoms with Gasteiger partial charge in [0.15, 0.2) is 0 Å². The van der Waals surface area contributed by atoms with Gasteiger partial charge in [0, 0.05) is 6.42 Å². The predicted molar refractivity (Wildman–Crippen MR) is 80.9 cm³/mol. The molecule has 0 aliphatic heterocycles. The van der Waals surface area contributed by atoms with Crippen LogP contribution in [0.5, 0.6) is 0 Å². The normalized spacial score (nSPS) is 12.5. The SMILES string of the molecule is N[C@@H](CCC(=O)ON(CCO)CCO)C(=O)ON(CCO)CCO. The van der Waals surface area contributed by atoms with Crippen molar-refractivity contribution in [1.29, 1.82) is 0 Å². The molecule has 0 aromatic carbocycles. The first-order valence-corrected chi connectivity index (χ1v) is 7.60. The second-order valence-electron chi connectivity index (χ2n) is 4.77. The van der Waals surface area contributed by atoms with E-state index in [0.29, 0.717) is 0 Å². The number of rotatable bonds is 14. The summed E-state index contributed by atoms with van der Waals surface area (Å²) >= 11 is 0. The summed E-state index contributed by atoms with van der Waals surface area (Å²) in [6, 6.07) is -1.08. The topological polar surface area (TPSA) is 166 Å². The molecule has 0 aromatic heterocycles. The molecule has 0 amide bonds. The summed E-state index contributed by atoms with van der Waals surface area (Å²) in [5, 5.41) is 37.4. The molecule has 0 spiro atoms. The van der Waals surface area contributed by atoms with Crippen LogP contribution in [0.15, 0.2) is 0 Å². The van der Waals surface area contributed by atoms with Gasteiger partial charge in [0.05, 0.1) is 52.6 Å². The lowest BCUT2D eigenvalue weighted by atomic mass is 10.2. The largest absolute Gasteiger partial charge is 0.395 e. The molecule has 6 N–H and O–H groups in total. The maximum atomic E-state index is 11.8. The molecule has 24 heavy (non-hydrogen) atoms. The third-order valence-corrected chi connectivity index (χ3v) is 2.81. The van der Waals surface area contributed by atoms with Crippen molar-refractivity contribution in [1.82, 2.24) is 10.1 Å². The van der Waals surface area contributed by atoms with Crippen molar-refractivity contribution in [3.63, 3.8) is 0 Å². The van der Waals surface area contributed by atoms with Crippen LogP contribution < -0.4 is 5.73 Å². The molecule has 0 heterocycles. The van der Waals surface area contributed by atoms with Gasteiger partial charge in [-0.05, 0) is 6.42 Å². The minimum Gasteiger partial charge on any atom is -0.395 e. The number of nitrogens with zero attached hydrogens (tertiary/aromatic N) is 2. The zero-order valence-corrected chi connectivity index (χ0v) is 13.5. The molecule has 0 aromatic rings. The fourth-order valence-corrected chi connectivity index (χ4v) is 1.63. The minimum absolute atomic E-state index is 0.0261. The Balaban J connectivity index is 4.22. The van der Waals surface area contributed by atoms with Gasteiger partial charge in [-0.3, -0.25) is 4.79 Å². The van der Waals surface area contributed by atoms with E-state index in [1.165, 1.54) is 0 Å². The zero-order valence-electron chi connectivity index (χ0n) is 13.5. The van der Waals surface area contributed by atoms with Gasteiger partial charge in [0.2, 0.25) is 0 Å². The molecule has 0 fully saturated rings. The average Bonchev–Trinajstić information content (AvgIpc) is 2.53. The number of hydrogen-bond acceptors (Lipinski definition) is 11. The Labute approximate surface area is 140 Å². The van der Waals surface area contributed by atoms with Gasteiger partial charge in [-0.1, -0.05) is 0 Å². The number of hydrogen-bond donors (Lipinski definition) is 5. The molecule has 1 atom stereocenters. The molecule has 0 rings (SSSR count).